The fourth-order valence-electron chi connectivity index (χ4n) is 1.31. The molecular weight excluding hydrogens is 181 g/mol. The number of aliphatic hydroxyl groups excluding tert-OH is 1. The minimum absolute atomic E-state index is 0.251. The highest BCUT2D eigenvalue weighted by molar-refractivity contribution is 5.06. The summed E-state index contributed by atoms with van der Waals surface area (Å²) in [7, 11) is 0. The van der Waals surface area contributed by atoms with Crippen LogP contribution in [0.5, 0.6) is 0 Å². The summed E-state index contributed by atoms with van der Waals surface area (Å²) in [4.78, 5) is 3.94. The van der Waals surface area contributed by atoms with Gasteiger partial charge in [0.15, 0.2) is 0 Å². The van der Waals surface area contributed by atoms with Gasteiger partial charge in [0.1, 0.15) is 5.82 Å². The summed E-state index contributed by atoms with van der Waals surface area (Å²) in [6, 6.07) is 3.00. The van der Waals surface area contributed by atoms with Gasteiger partial charge in [-0.1, -0.05) is 6.92 Å². The molecule has 0 aliphatic heterocycles. The lowest BCUT2D eigenvalue weighted by Gasteiger charge is -2.06. The lowest BCUT2D eigenvalue weighted by Crippen LogP contribution is -2.05. The van der Waals surface area contributed by atoms with Crippen LogP contribution in [0.25, 0.3) is 0 Å². The Balaban J connectivity index is 2.35. The molecule has 0 radical (unpaired) electrons. The fourth-order valence-corrected chi connectivity index (χ4v) is 1.31. The Labute approximate surface area is 83.8 Å². The second-order valence-electron chi connectivity index (χ2n) is 3.39. The van der Waals surface area contributed by atoms with Gasteiger partial charge >= 0.3 is 0 Å². The topological polar surface area (TPSA) is 33.1 Å². The van der Waals surface area contributed by atoms with Crippen LogP contribution in [0.2, 0.25) is 0 Å². The maximum atomic E-state index is 13.1. The van der Waals surface area contributed by atoms with Crippen LogP contribution < -0.4 is 0 Å². The zero-order valence-electron chi connectivity index (χ0n) is 8.41. The third-order valence-corrected chi connectivity index (χ3v) is 2.26. The van der Waals surface area contributed by atoms with Gasteiger partial charge in [-0.2, -0.15) is 0 Å². The van der Waals surface area contributed by atoms with E-state index in [1.807, 2.05) is 6.92 Å². The third kappa shape index (κ3) is 3.42. The molecule has 0 aliphatic carbocycles. The van der Waals surface area contributed by atoms with Crippen LogP contribution in [0, 0.1) is 5.82 Å². The lowest BCUT2D eigenvalue weighted by atomic mass is 10.1. The SMILES string of the molecule is CC[C@@H](O)CCCc1ncccc1F. The van der Waals surface area contributed by atoms with E-state index in [-0.39, 0.29) is 11.9 Å². The predicted molar refractivity (Wildman–Crippen MR) is 53.4 cm³/mol. The van der Waals surface area contributed by atoms with Crippen LogP contribution in [0.1, 0.15) is 31.9 Å². The summed E-state index contributed by atoms with van der Waals surface area (Å²) in [6.45, 7) is 1.94. The molecule has 1 aromatic rings. The number of aryl methyl sites for hydroxylation is 1. The predicted octanol–water partition coefficient (Wildman–Crippen LogP) is 2.31. The van der Waals surface area contributed by atoms with Crippen molar-refractivity contribution in [2.24, 2.45) is 0 Å². The van der Waals surface area contributed by atoms with Gasteiger partial charge in [-0.05, 0) is 37.8 Å². The molecule has 14 heavy (non-hydrogen) atoms. The molecule has 0 saturated carbocycles. The summed E-state index contributed by atoms with van der Waals surface area (Å²) >= 11 is 0. The molecule has 3 heteroatoms. The molecule has 0 amide bonds. The number of pyridine rings is 1. The van der Waals surface area contributed by atoms with Crippen LogP contribution in [0.4, 0.5) is 4.39 Å². The van der Waals surface area contributed by atoms with E-state index in [0.717, 1.165) is 12.8 Å². The number of nitrogens with zero attached hydrogens (tertiary/aromatic N) is 1. The highest BCUT2D eigenvalue weighted by Gasteiger charge is 2.04. The van der Waals surface area contributed by atoms with Crippen LogP contribution in [0.15, 0.2) is 18.3 Å². The quantitative estimate of drug-likeness (QED) is 0.785. The van der Waals surface area contributed by atoms with E-state index in [4.69, 9.17) is 0 Å². The van der Waals surface area contributed by atoms with Gasteiger partial charge in [0.2, 0.25) is 0 Å². The molecule has 0 bridgehead atoms. The standard InChI is InChI=1S/C11H16FNO/c1-2-9(14)5-3-7-11-10(12)6-4-8-13-11/h4,6,8-9,14H,2-3,5,7H2,1H3/t9-/m1/s1. The Bertz CT molecular complexity index is 278. The first-order valence-corrected chi connectivity index (χ1v) is 5.01. The third-order valence-electron chi connectivity index (χ3n) is 2.26. The smallest absolute Gasteiger partial charge is 0.144 e. The maximum Gasteiger partial charge on any atom is 0.144 e. The van der Waals surface area contributed by atoms with Gasteiger partial charge in [0, 0.05) is 6.20 Å². The molecular formula is C11H16FNO. The first-order valence-electron chi connectivity index (χ1n) is 5.01. The van der Waals surface area contributed by atoms with Gasteiger partial charge in [-0.3, -0.25) is 4.98 Å². The number of rotatable bonds is 5. The Morgan fingerprint density at radius 2 is 2.36 bits per heavy atom. The Hall–Kier alpha value is -0.960. The Morgan fingerprint density at radius 3 is 3.00 bits per heavy atom. The molecule has 2 nitrogen and oxygen atoms in total. The van der Waals surface area contributed by atoms with Crippen LogP contribution in [0.3, 0.4) is 0 Å². The average molecular weight is 197 g/mol. The molecule has 0 unspecified atom stereocenters. The number of halogens is 1. The second-order valence-corrected chi connectivity index (χ2v) is 3.39. The highest BCUT2D eigenvalue weighted by atomic mass is 19.1. The molecule has 1 heterocycles. The Morgan fingerprint density at radius 1 is 1.57 bits per heavy atom. The Kier molecular flexibility index (Phi) is 4.53. The van der Waals surface area contributed by atoms with E-state index in [9.17, 15) is 9.50 Å². The molecule has 1 atom stereocenters. The van der Waals surface area contributed by atoms with Crippen molar-refractivity contribution >= 4 is 0 Å². The van der Waals surface area contributed by atoms with E-state index in [0.29, 0.717) is 18.5 Å². The van der Waals surface area contributed by atoms with Crippen molar-refractivity contribution in [3.8, 4) is 0 Å². The van der Waals surface area contributed by atoms with Crippen molar-refractivity contribution in [2.75, 3.05) is 0 Å². The van der Waals surface area contributed by atoms with Crippen LogP contribution >= 0.6 is 0 Å². The first-order chi connectivity index (χ1) is 6.74. The number of hydrogen-bond donors (Lipinski definition) is 1. The van der Waals surface area contributed by atoms with Gasteiger partial charge in [-0.15, -0.1) is 0 Å². The van der Waals surface area contributed by atoms with Gasteiger partial charge in [0.05, 0.1) is 11.8 Å². The second kappa shape index (κ2) is 5.70. The van der Waals surface area contributed by atoms with Crippen LogP contribution in [-0.4, -0.2) is 16.2 Å². The summed E-state index contributed by atoms with van der Waals surface area (Å²) in [6.07, 6.45) is 4.18. The average Bonchev–Trinajstić information content (AvgIpc) is 2.20. The van der Waals surface area contributed by atoms with Crippen molar-refractivity contribution in [3.05, 3.63) is 29.8 Å². The zero-order chi connectivity index (χ0) is 10.4. The van der Waals surface area contributed by atoms with E-state index >= 15 is 0 Å². The largest absolute Gasteiger partial charge is 0.393 e. The van der Waals surface area contributed by atoms with E-state index < -0.39 is 0 Å². The fraction of sp³-hybridized carbons (Fsp3) is 0.545. The number of aromatic nitrogens is 1. The number of hydrogen-bond acceptors (Lipinski definition) is 2. The zero-order valence-corrected chi connectivity index (χ0v) is 8.41. The summed E-state index contributed by atoms with van der Waals surface area (Å²) < 4.78 is 13.1. The van der Waals surface area contributed by atoms with Gasteiger partial charge in [-0.25, -0.2) is 4.39 Å². The molecule has 78 valence electrons. The van der Waals surface area contributed by atoms with E-state index in [1.54, 1.807) is 12.3 Å². The molecule has 1 rings (SSSR count). The van der Waals surface area contributed by atoms with E-state index in [1.165, 1.54) is 6.07 Å². The van der Waals surface area contributed by atoms with Gasteiger partial charge < -0.3 is 5.11 Å². The molecule has 0 fully saturated rings. The van der Waals surface area contributed by atoms with Crippen molar-refractivity contribution in [2.45, 2.75) is 38.7 Å². The normalized spacial score (nSPS) is 12.8. The highest BCUT2D eigenvalue weighted by Crippen LogP contribution is 2.09. The minimum atomic E-state index is -0.262. The van der Waals surface area contributed by atoms with Crippen LogP contribution in [-0.2, 0) is 6.42 Å². The summed E-state index contributed by atoms with van der Waals surface area (Å²) in [5.74, 6) is -0.251. The first kappa shape index (κ1) is 11.1. The summed E-state index contributed by atoms with van der Waals surface area (Å²) in [5, 5.41) is 9.29. The molecule has 0 aliphatic rings. The van der Waals surface area contributed by atoms with Gasteiger partial charge in [0.25, 0.3) is 0 Å². The monoisotopic (exact) mass is 197 g/mol. The number of aliphatic hydroxyl groups is 1. The van der Waals surface area contributed by atoms with Crippen molar-refractivity contribution in [3.63, 3.8) is 0 Å². The van der Waals surface area contributed by atoms with Crippen molar-refractivity contribution < 1.29 is 9.50 Å². The maximum absolute atomic E-state index is 13.1. The molecule has 1 aromatic heterocycles. The lowest BCUT2D eigenvalue weighted by molar-refractivity contribution is 0.157. The van der Waals surface area contributed by atoms with E-state index in [2.05, 4.69) is 4.98 Å². The molecule has 1 N–H and O–H groups in total. The van der Waals surface area contributed by atoms with Crippen molar-refractivity contribution in [1.82, 2.24) is 4.98 Å². The summed E-state index contributed by atoms with van der Waals surface area (Å²) in [5.41, 5.74) is 0.496. The minimum Gasteiger partial charge on any atom is -0.393 e. The van der Waals surface area contributed by atoms with Crippen molar-refractivity contribution in [1.29, 1.82) is 0 Å². The molecule has 0 spiro atoms. The molecule has 0 aromatic carbocycles. The molecule has 0 saturated heterocycles.